The number of ether oxygens (including phenoxy) is 3. The van der Waals surface area contributed by atoms with Crippen molar-refractivity contribution in [2.45, 2.75) is 213 Å². The molecule has 6 heteroatoms. The van der Waals surface area contributed by atoms with Crippen LogP contribution in [0.15, 0.2) is 97.2 Å². The van der Waals surface area contributed by atoms with Gasteiger partial charge in [-0.3, -0.25) is 14.4 Å². The van der Waals surface area contributed by atoms with Gasteiger partial charge in [0.1, 0.15) is 13.2 Å². The van der Waals surface area contributed by atoms with Crippen LogP contribution >= 0.6 is 0 Å². The average molecular weight is 833 g/mol. The molecule has 0 fully saturated rings. The molecule has 0 radical (unpaired) electrons. The van der Waals surface area contributed by atoms with Crippen molar-refractivity contribution in [3.05, 3.63) is 97.2 Å². The molecule has 0 heterocycles. The number of hydrogen-bond acceptors (Lipinski definition) is 6. The summed E-state index contributed by atoms with van der Waals surface area (Å²) in [6.45, 7) is 6.37. The van der Waals surface area contributed by atoms with E-state index in [1.54, 1.807) is 0 Å². The lowest BCUT2D eigenvalue weighted by atomic mass is 10.1. The second-order valence-electron chi connectivity index (χ2n) is 15.6. The quantitative estimate of drug-likeness (QED) is 0.0264. The lowest BCUT2D eigenvalue weighted by Crippen LogP contribution is -2.30. The lowest BCUT2D eigenvalue weighted by molar-refractivity contribution is -0.167. The fourth-order valence-electron chi connectivity index (χ4n) is 6.19. The average Bonchev–Trinajstić information content (AvgIpc) is 3.24. The van der Waals surface area contributed by atoms with Crippen LogP contribution in [0.2, 0.25) is 0 Å². The lowest BCUT2D eigenvalue weighted by Gasteiger charge is -2.18. The Hall–Kier alpha value is -3.67. The SMILES string of the molecule is CC/C=C\C/C=C\C/C=C\C/C=C\C/C=C\C/C=C\C/C=C\CCCC(=O)OCC(COC(=O)CCCCCCCCC)OC(=O)CCCCCCC/C=C\CCCCC. The summed E-state index contributed by atoms with van der Waals surface area (Å²) in [5, 5.41) is 0. The minimum absolute atomic E-state index is 0.0996. The molecule has 0 aromatic heterocycles. The highest BCUT2D eigenvalue weighted by molar-refractivity contribution is 5.71. The van der Waals surface area contributed by atoms with Crippen molar-refractivity contribution in [2.75, 3.05) is 13.2 Å². The van der Waals surface area contributed by atoms with E-state index in [-0.39, 0.29) is 37.5 Å². The molecule has 0 saturated heterocycles. The van der Waals surface area contributed by atoms with Gasteiger partial charge in [-0.25, -0.2) is 0 Å². The molecule has 0 bridgehead atoms. The molecule has 1 unspecified atom stereocenters. The molecule has 0 amide bonds. The maximum Gasteiger partial charge on any atom is 0.306 e. The largest absolute Gasteiger partial charge is 0.462 e. The van der Waals surface area contributed by atoms with Crippen molar-refractivity contribution in [1.82, 2.24) is 0 Å². The van der Waals surface area contributed by atoms with Crippen LogP contribution in [-0.4, -0.2) is 37.2 Å². The van der Waals surface area contributed by atoms with Crippen LogP contribution in [0.1, 0.15) is 207 Å². The Morgan fingerprint density at radius 2 is 0.667 bits per heavy atom. The van der Waals surface area contributed by atoms with Crippen molar-refractivity contribution >= 4 is 17.9 Å². The topological polar surface area (TPSA) is 78.9 Å². The highest BCUT2D eigenvalue weighted by Crippen LogP contribution is 2.12. The third kappa shape index (κ3) is 45.4. The van der Waals surface area contributed by atoms with Crippen molar-refractivity contribution < 1.29 is 28.6 Å². The Labute approximate surface area is 368 Å². The summed E-state index contributed by atoms with van der Waals surface area (Å²) in [6.07, 6.45) is 62.7. The predicted octanol–water partition coefficient (Wildman–Crippen LogP) is 15.8. The summed E-state index contributed by atoms with van der Waals surface area (Å²) in [7, 11) is 0. The number of rotatable bonds is 42. The molecule has 0 rings (SSSR count). The zero-order valence-electron chi connectivity index (χ0n) is 38.7. The summed E-state index contributed by atoms with van der Waals surface area (Å²) in [5.41, 5.74) is 0. The van der Waals surface area contributed by atoms with Gasteiger partial charge in [-0.15, -0.1) is 0 Å². The second kappa shape index (κ2) is 48.0. The Morgan fingerprint density at radius 3 is 1.13 bits per heavy atom. The monoisotopic (exact) mass is 833 g/mol. The van der Waals surface area contributed by atoms with Gasteiger partial charge in [-0.2, -0.15) is 0 Å². The maximum atomic E-state index is 12.7. The van der Waals surface area contributed by atoms with Crippen molar-refractivity contribution in [3.63, 3.8) is 0 Å². The molecule has 60 heavy (non-hydrogen) atoms. The van der Waals surface area contributed by atoms with Crippen LogP contribution < -0.4 is 0 Å². The molecule has 0 aliphatic rings. The van der Waals surface area contributed by atoms with Crippen LogP contribution in [0, 0.1) is 0 Å². The predicted molar refractivity (Wildman–Crippen MR) is 256 cm³/mol. The molecule has 0 aliphatic heterocycles. The molecule has 6 nitrogen and oxygen atoms in total. The van der Waals surface area contributed by atoms with E-state index in [1.165, 1.54) is 57.8 Å². The summed E-state index contributed by atoms with van der Waals surface area (Å²) in [4.78, 5) is 37.6. The molecular formula is C54H88O6. The first-order valence-corrected chi connectivity index (χ1v) is 24.2. The number of hydrogen-bond donors (Lipinski definition) is 0. The van der Waals surface area contributed by atoms with Gasteiger partial charge in [0.25, 0.3) is 0 Å². The van der Waals surface area contributed by atoms with Crippen LogP contribution in [0.4, 0.5) is 0 Å². The van der Waals surface area contributed by atoms with E-state index in [9.17, 15) is 14.4 Å². The van der Waals surface area contributed by atoms with E-state index < -0.39 is 6.10 Å². The number of carbonyl (C=O) groups is 3. The molecule has 0 N–H and O–H groups in total. The maximum absolute atomic E-state index is 12.7. The third-order valence-corrected chi connectivity index (χ3v) is 9.82. The van der Waals surface area contributed by atoms with Gasteiger partial charge in [-0.1, -0.05) is 189 Å². The zero-order chi connectivity index (χ0) is 43.7. The smallest absolute Gasteiger partial charge is 0.306 e. The van der Waals surface area contributed by atoms with E-state index in [2.05, 4.69) is 118 Å². The minimum Gasteiger partial charge on any atom is -0.462 e. The van der Waals surface area contributed by atoms with E-state index >= 15 is 0 Å². The second-order valence-corrected chi connectivity index (χ2v) is 15.6. The minimum atomic E-state index is -0.801. The molecule has 0 aromatic rings. The van der Waals surface area contributed by atoms with Crippen LogP contribution in [0.25, 0.3) is 0 Å². The number of esters is 3. The molecular weight excluding hydrogens is 745 g/mol. The normalized spacial score (nSPS) is 12.9. The zero-order valence-corrected chi connectivity index (χ0v) is 38.7. The van der Waals surface area contributed by atoms with Crippen molar-refractivity contribution in [2.24, 2.45) is 0 Å². The van der Waals surface area contributed by atoms with E-state index in [4.69, 9.17) is 14.2 Å². The fraction of sp³-hybridized carbons (Fsp3) is 0.648. The Morgan fingerprint density at radius 1 is 0.350 bits per heavy atom. The van der Waals surface area contributed by atoms with Gasteiger partial charge >= 0.3 is 17.9 Å². The number of unbranched alkanes of at least 4 members (excludes halogenated alkanes) is 15. The summed E-state index contributed by atoms with van der Waals surface area (Å²) < 4.78 is 16.6. The van der Waals surface area contributed by atoms with E-state index in [1.807, 2.05) is 0 Å². The highest BCUT2D eigenvalue weighted by atomic mass is 16.6. The molecule has 0 spiro atoms. The van der Waals surface area contributed by atoms with Crippen LogP contribution in [0.3, 0.4) is 0 Å². The molecule has 0 saturated carbocycles. The number of carbonyl (C=O) groups excluding carboxylic acids is 3. The van der Waals surface area contributed by atoms with Gasteiger partial charge in [0.15, 0.2) is 6.10 Å². The van der Waals surface area contributed by atoms with Crippen molar-refractivity contribution in [1.29, 1.82) is 0 Å². The Bertz CT molecular complexity index is 1230. The molecule has 1 atom stereocenters. The fourth-order valence-corrected chi connectivity index (χ4v) is 6.19. The van der Waals surface area contributed by atoms with Gasteiger partial charge in [0.2, 0.25) is 0 Å². The molecule has 0 aliphatic carbocycles. The third-order valence-electron chi connectivity index (χ3n) is 9.82. The van der Waals surface area contributed by atoms with Gasteiger partial charge in [0.05, 0.1) is 0 Å². The summed E-state index contributed by atoms with van der Waals surface area (Å²) in [6, 6.07) is 0. The Balaban J connectivity index is 4.37. The van der Waals surface area contributed by atoms with Gasteiger partial charge < -0.3 is 14.2 Å². The summed E-state index contributed by atoms with van der Waals surface area (Å²) >= 11 is 0. The standard InChI is InChI=1S/C54H88O6/c1-4-7-10-13-16-18-20-22-23-24-25-26-27-28-29-30-31-32-34-35-38-41-44-47-53(56)59-50-51(49-58-52(55)46-43-40-37-15-12-9-6-3)60-54(57)48-45-42-39-36-33-21-19-17-14-11-8-5-2/h7,10,16-19,22-23,25-26,28-29,31-32,35,38,51H,4-6,8-9,11-15,20-21,24,27,30,33-34,36-37,39-50H2,1-3H3/b10-7-,18-16-,19-17-,23-22-,26-25-,29-28-,32-31-,38-35-. The highest BCUT2D eigenvalue weighted by Gasteiger charge is 2.19. The van der Waals surface area contributed by atoms with E-state index in [0.717, 1.165) is 103 Å². The van der Waals surface area contributed by atoms with Gasteiger partial charge in [-0.05, 0) is 96.3 Å². The summed E-state index contributed by atoms with van der Waals surface area (Å²) in [5.74, 6) is -0.986. The Kier molecular flexibility index (Phi) is 45.1. The van der Waals surface area contributed by atoms with E-state index in [0.29, 0.717) is 19.3 Å². The molecule has 0 aromatic carbocycles. The molecule has 340 valence electrons. The first kappa shape index (κ1) is 56.3. The van der Waals surface area contributed by atoms with Crippen LogP contribution in [0.5, 0.6) is 0 Å². The first-order valence-electron chi connectivity index (χ1n) is 24.2. The van der Waals surface area contributed by atoms with Gasteiger partial charge in [0, 0.05) is 19.3 Å². The van der Waals surface area contributed by atoms with Crippen LogP contribution in [-0.2, 0) is 28.6 Å². The number of allylic oxidation sites excluding steroid dienone is 16. The first-order chi connectivity index (χ1) is 29.5. The van der Waals surface area contributed by atoms with Crippen molar-refractivity contribution in [3.8, 4) is 0 Å².